The van der Waals surface area contributed by atoms with Crippen LogP contribution in [0.1, 0.15) is 39.7 Å². The largest absolute Gasteiger partial charge is 0.370 e. The van der Waals surface area contributed by atoms with Crippen molar-refractivity contribution in [2.24, 2.45) is 11.8 Å². The molecule has 3 heteroatoms. The minimum absolute atomic E-state index is 0.499. The van der Waals surface area contributed by atoms with E-state index < -0.39 is 0 Å². The standard InChI is InChI=1S/C17H27ClN2/c1-12(2)15-7-8-20(11-15)17-6-5-14(9-16(17)18)10-19-13(3)4/h5-6,9,12-13,15,19H,7-8,10-11H2,1-4H3. The average Bonchev–Trinajstić information content (AvgIpc) is 2.86. The lowest BCUT2D eigenvalue weighted by Gasteiger charge is -2.22. The Morgan fingerprint density at radius 2 is 2.05 bits per heavy atom. The van der Waals surface area contributed by atoms with Gasteiger partial charge in [0.15, 0.2) is 0 Å². The van der Waals surface area contributed by atoms with E-state index in [1.165, 1.54) is 17.7 Å². The van der Waals surface area contributed by atoms with Crippen molar-refractivity contribution in [1.82, 2.24) is 5.32 Å². The summed E-state index contributed by atoms with van der Waals surface area (Å²) < 4.78 is 0. The lowest BCUT2D eigenvalue weighted by Crippen LogP contribution is -2.23. The summed E-state index contributed by atoms with van der Waals surface area (Å²) in [6, 6.07) is 6.98. The van der Waals surface area contributed by atoms with Gasteiger partial charge in [0.05, 0.1) is 10.7 Å². The van der Waals surface area contributed by atoms with Crippen molar-refractivity contribution in [3.05, 3.63) is 28.8 Å². The molecule has 0 bridgehead atoms. The van der Waals surface area contributed by atoms with Crippen LogP contribution in [0.4, 0.5) is 5.69 Å². The molecule has 1 fully saturated rings. The lowest BCUT2D eigenvalue weighted by molar-refractivity contribution is 0.423. The van der Waals surface area contributed by atoms with E-state index >= 15 is 0 Å². The molecule has 0 spiro atoms. The van der Waals surface area contributed by atoms with E-state index in [9.17, 15) is 0 Å². The molecule has 0 radical (unpaired) electrons. The number of anilines is 1. The molecule has 20 heavy (non-hydrogen) atoms. The lowest BCUT2D eigenvalue weighted by atomic mass is 9.95. The first-order valence-corrected chi connectivity index (χ1v) is 8.12. The van der Waals surface area contributed by atoms with Gasteiger partial charge >= 0.3 is 0 Å². The zero-order valence-corrected chi connectivity index (χ0v) is 13.9. The number of hydrogen-bond acceptors (Lipinski definition) is 2. The van der Waals surface area contributed by atoms with Crippen LogP contribution in [0.3, 0.4) is 0 Å². The quantitative estimate of drug-likeness (QED) is 0.870. The Balaban J connectivity index is 2.03. The van der Waals surface area contributed by atoms with Gasteiger partial charge in [-0.1, -0.05) is 45.4 Å². The topological polar surface area (TPSA) is 15.3 Å². The summed E-state index contributed by atoms with van der Waals surface area (Å²) in [6.07, 6.45) is 1.28. The number of hydrogen-bond donors (Lipinski definition) is 1. The molecule has 2 nitrogen and oxygen atoms in total. The van der Waals surface area contributed by atoms with Gasteiger partial charge < -0.3 is 10.2 Å². The van der Waals surface area contributed by atoms with Crippen LogP contribution in [0.25, 0.3) is 0 Å². The van der Waals surface area contributed by atoms with Gasteiger partial charge in [-0.2, -0.15) is 0 Å². The Morgan fingerprint density at radius 1 is 1.30 bits per heavy atom. The maximum Gasteiger partial charge on any atom is 0.0642 e. The van der Waals surface area contributed by atoms with E-state index in [2.05, 4.69) is 56.1 Å². The number of rotatable bonds is 5. The van der Waals surface area contributed by atoms with Gasteiger partial charge in [0.25, 0.3) is 0 Å². The summed E-state index contributed by atoms with van der Waals surface area (Å²) in [5.74, 6) is 1.56. The summed E-state index contributed by atoms with van der Waals surface area (Å²) >= 11 is 6.48. The summed E-state index contributed by atoms with van der Waals surface area (Å²) in [6.45, 7) is 12.1. The Hall–Kier alpha value is -0.730. The molecule has 1 heterocycles. The minimum Gasteiger partial charge on any atom is -0.370 e. The highest BCUT2D eigenvalue weighted by atomic mass is 35.5. The Bertz CT molecular complexity index is 443. The molecule has 0 amide bonds. The molecular weight excluding hydrogens is 268 g/mol. The first kappa shape index (κ1) is 15.7. The van der Waals surface area contributed by atoms with Crippen LogP contribution in [-0.2, 0) is 6.54 Å². The number of nitrogens with zero attached hydrogens (tertiary/aromatic N) is 1. The van der Waals surface area contributed by atoms with E-state index in [1.54, 1.807) is 0 Å². The molecule has 1 aliphatic heterocycles. The molecule has 0 aromatic heterocycles. The van der Waals surface area contributed by atoms with E-state index in [0.717, 1.165) is 36.5 Å². The van der Waals surface area contributed by atoms with Gasteiger partial charge in [-0.25, -0.2) is 0 Å². The third kappa shape index (κ3) is 3.89. The maximum absolute atomic E-state index is 6.48. The fourth-order valence-electron chi connectivity index (χ4n) is 2.79. The molecule has 1 atom stereocenters. The van der Waals surface area contributed by atoms with E-state index in [-0.39, 0.29) is 0 Å². The van der Waals surface area contributed by atoms with E-state index in [0.29, 0.717) is 6.04 Å². The molecule has 112 valence electrons. The zero-order valence-electron chi connectivity index (χ0n) is 13.1. The first-order chi connectivity index (χ1) is 9.47. The molecule has 2 rings (SSSR count). The fraction of sp³-hybridized carbons (Fsp3) is 0.647. The number of benzene rings is 1. The molecule has 1 aliphatic rings. The second kappa shape index (κ2) is 6.82. The van der Waals surface area contributed by atoms with Crippen molar-refractivity contribution in [3.63, 3.8) is 0 Å². The van der Waals surface area contributed by atoms with Gasteiger partial charge in [-0.15, -0.1) is 0 Å². The average molecular weight is 295 g/mol. The van der Waals surface area contributed by atoms with Crippen LogP contribution in [0, 0.1) is 11.8 Å². The van der Waals surface area contributed by atoms with Crippen molar-refractivity contribution < 1.29 is 0 Å². The van der Waals surface area contributed by atoms with Crippen molar-refractivity contribution in [2.45, 2.75) is 46.7 Å². The van der Waals surface area contributed by atoms with Gasteiger partial charge in [-0.3, -0.25) is 0 Å². The Kier molecular flexibility index (Phi) is 5.34. The first-order valence-electron chi connectivity index (χ1n) is 7.74. The van der Waals surface area contributed by atoms with Crippen LogP contribution < -0.4 is 10.2 Å². The zero-order chi connectivity index (χ0) is 14.7. The Morgan fingerprint density at radius 3 is 2.60 bits per heavy atom. The third-order valence-electron chi connectivity index (χ3n) is 4.23. The van der Waals surface area contributed by atoms with Gasteiger partial charge in [-0.05, 0) is 36.0 Å². The van der Waals surface area contributed by atoms with E-state index in [4.69, 9.17) is 11.6 Å². The highest BCUT2D eigenvalue weighted by Gasteiger charge is 2.26. The minimum atomic E-state index is 0.499. The predicted molar refractivity (Wildman–Crippen MR) is 88.6 cm³/mol. The SMILES string of the molecule is CC(C)NCc1ccc(N2CCC(C(C)C)C2)c(Cl)c1. The number of nitrogens with one attached hydrogen (secondary N) is 1. The molecule has 0 aliphatic carbocycles. The van der Waals surface area contributed by atoms with Crippen molar-refractivity contribution in [2.75, 3.05) is 18.0 Å². The molecule has 1 unspecified atom stereocenters. The molecular formula is C17H27ClN2. The van der Waals surface area contributed by atoms with E-state index in [1.807, 2.05) is 0 Å². The normalized spacial score (nSPS) is 19.4. The maximum atomic E-state index is 6.48. The second-order valence-corrected chi connectivity index (χ2v) is 6.97. The predicted octanol–water partition coefficient (Wildman–Crippen LogP) is 4.32. The molecule has 1 saturated heterocycles. The molecule has 1 aromatic rings. The summed E-state index contributed by atoms with van der Waals surface area (Å²) in [5.41, 5.74) is 2.45. The summed E-state index contributed by atoms with van der Waals surface area (Å²) in [4.78, 5) is 2.44. The fourth-order valence-corrected chi connectivity index (χ4v) is 3.11. The third-order valence-corrected chi connectivity index (χ3v) is 4.54. The summed E-state index contributed by atoms with van der Waals surface area (Å²) in [5, 5.41) is 4.31. The van der Waals surface area contributed by atoms with Crippen molar-refractivity contribution >= 4 is 17.3 Å². The van der Waals surface area contributed by atoms with Gasteiger partial charge in [0.2, 0.25) is 0 Å². The van der Waals surface area contributed by atoms with Crippen LogP contribution in [-0.4, -0.2) is 19.1 Å². The molecule has 0 saturated carbocycles. The van der Waals surface area contributed by atoms with Crippen molar-refractivity contribution in [1.29, 1.82) is 0 Å². The summed E-state index contributed by atoms with van der Waals surface area (Å²) in [7, 11) is 0. The van der Waals surface area contributed by atoms with Crippen LogP contribution in [0.5, 0.6) is 0 Å². The smallest absolute Gasteiger partial charge is 0.0642 e. The molecule has 1 aromatic carbocycles. The van der Waals surface area contributed by atoms with Crippen molar-refractivity contribution in [3.8, 4) is 0 Å². The molecule has 1 N–H and O–H groups in total. The van der Waals surface area contributed by atoms with Crippen LogP contribution in [0.2, 0.25) is 5.02 Å². The van der Waals surface area contributed by atoms with Crippen LogP contribution in [0.15, 0.2) is 18.2 Å². The second-order valence-electron chi connectivity index (χ2n) is 6.56. The van der Waals surface area contributed by atoms with Crippen LogP contribution >= 0.6 is 11.6 Å². The highest BCUT2D eigenvalue weighted by Crippen LogP contribution is 2.33. The monoisotopic (exact) mass is 294 g/mol. The highest BCUT2D eigenvalue weighted by molar-refractivity contribution is 6.33. The Labute approximate surface area is 128 Å². The van der Waals surface area contributed by atoms with Gasteiger partial charge in [0.1, 0.15) is 0 Å². The van der Waals surface area contributed by atoms with Gasteiger partial charge in [0, 0.05) is 25.7 Å². The number of halogens is 1.